The minimum Gasteiger partial charge on any atom is -0.390 e. The molecule has 1 rings (SSSR count). The molecule has 1 aliphatic rings. The van der Waals surface area contributed by atoms with E-state index in [9.17, 15) is 5.11 Å². The summed E-state index contributed by atoms with van der Waals surface area (Å²) in [5.74, 6) is 0.452. The van der Waals surface area contributed by atoms with Gasteiger partial charge in [0.25, 0.3) is 0 Å². The van der Waals surface area contributed by atoms with Crippen LogP contribution < -0.4 is 0 Å². The van der Waals surface area contributed by atoms with Crippen molar-refractivity contribution < 1.29 is 5.11 Å². The van der Waals surface area contributed by atoms with Crippen LogP contribution in [0.15, 0.2) is 12.2 Å². The van der Waals surface area contributed by atoms with E-state index in [0.29, 0.717) is 5.92 Å². The van der Waals surface area contributed by atoms with E-state index in [2.05, 4.69) is 13.5 Å². The van der Waals surface area contributed by atoms with Gasteiger partial charge in [0, 0.05) is 0 Å². The molecule has 13 heavy (non-hydrogen) atoms. The number of aliphatic hydroxyl groups is 1. The third-order valence-electron chi connectivity index (χ3n) is 3.40. The molecule has 0 aromatic carbocycles. The maximum absolute atomic E-state index is 10.1. The minimum atomic E-state index is -0.434. The van der Waals surface area contributed by atoms with E-state index >= 15 is 0 Å². The summed E-state index contributed by atoms with van der Waals surface area (Å²) in [5, 5.41) is 10.1. The smallest absolute Gasteiger partial charge is 0.0650 e. The Morgan fingerprint density at radius 1 is 1.54 bits per heavy atom. The van der Waals surface area contributed by atoms with Gasteiger partial charge in [-0.1, -0.05) is 31.9 Å². The van der Waals surface area contributed by atoms with Gasteiger partial charge in [-0.3, -0.25) is 0 Å². The normalized spacial score (nSPS) is 34.5. The molecule has 0 amide bonds. The molecule has 1 aliphatic carbocycles. The summed E-state index contributed by atoms with van der Waals surface area (Å²) in [6.45, 7) is 8.15. The van der Waals surface area contributed by atoms with Crippen molar-refractivity contribution >= 4 is 0 Å². The molecule has 76 valence electrons. The van der Waals surface area contributed by atoms with Crippen molar-refractivity contribution in [2.24, 2.45) is 5.92 Å². The average Bonchev–Trinajstić information content (AvgIpc) is 2.08. The van der Waals surface area contributed by atoms with Crippen molar-refractivity contribution in [3.05, 3.63) is 12.2 Å². The lowest BCUT2D eigenvalue weighted by molar-refractivity contribution is -0.0315. The van der Waals surface area contributed by atoms with Gasteiger partial charge >= 0.3 is 0 Å². The predicted octanol–water partition coefficient (Wildman–Crippen LogP) is 3.28. The standard InChI is InChI=1S/C12H22O/c1-4-10(2)9-11-7-5-6-8-12(11,3)13/h11,13H,2,4-9H2,1,3H3/t11-,12+/m0/s1. The topological polar surface area (TPSA) is 20.2 Å². The van der Waals surface area contributed by atoms with Gasteiger partial charge in [-0.05, 0) is 38.5 Å². The van der Waals surface area contributed by atoms with E-state index in [-0.39, 0.29) is 0 Å². The fraction of sp³-hybridized carbons (Fsp3) is 0.833. The Kier molecular flexibility index (Phi) is 3.55. The fourth-order valence-corrected chi connectivity index (χ4v) is 2.20. The molecule has 2 atom stereocenters. The lowest BCUT2D eigenvalue weighted by atomic mass is 9.73. The SMILES string of the molecule is C=C(CC)C[C@@H]1CCCC[C@@]1(C)O. The van der Waals surface area contributed by atoms with Crippen LogP contribution in [0.4, 0.5) is 0 Å². The Morgan fingerprint density at radius 2 is 2.23 bits per heavy atom. The Morgan fingerprint density at radius 3 is 2.77 bits per heavy atom. The number of hydrogen-bond donors (Lipinski definition) is 1. The van der Waals surface area contributed by atoms with Crippen LogP contribution in [0.2, 0.25) is 0 Å². The summed E-state index contributed by atoms with van der Waals surface area (Å²) in [6, 6.07) is 0. The van der Waals surface area contributed by atoms with Crippen LogP contribution in [0.1, 0.15) is 52.4 Å². The Hall–Kier alpha value is -0.300. The first kappa shape index (κ1) is 10.8. The summed E-state index contributed by atoms with van der Waals surface area (Å²) >= 11 is 0. The first-order chi connectivity index (χ1) is 6.06. The van der Waals surface area contributed by atoms with Crippen molar-refractivity contribution in [1.82, 2.24) is 0 Å². The molecule has 1 nitrogen and oxygen atoms in total. The molecule has 0 unspecified atom stereocenters. The molecule has 1 N–H and O–H groups in total. The van der Waals surface area contributed by atoms with Crippen molar-refractivity contribution in [3.8, 4) is 0 Å². The van der Waals surface area contributed by atoms with Crippen molar-refractivity contribution in [1.29, 1.82) is 0 Å². The van der Waals surface area contributed by atoms with Gasteiger partial charge < -0.3 is 5.11 Å². The van der Waals surface area contributed by atoms with Gasteiger partial charge in [-0.2, -0.15) is 0 Å². The molecule has 0 aromatic heterocycles. The number of hydrogen-bond acceptors (Lipinski definition) is 1. The fourth-order valence-electron chi connectivity index (χ4n) is 2.20. The highest BCUT2D eigenvalue weighted by atomic mass is 16.3. The molecule has 1 heteroatoms. The van der Waals surface area contributed by atoms with Gasteiger partial charge in [0.05, 0.1) is 5.60 Å². The molecule has 0 radical (unpaired) electrons. The van der Waals surface area contributed by atoms with Crippen LogP contribution in [-0.2, 0) is 0 Å². The molecular weight excluding hydrogens is 160 g/mol. The largest absolute Gasteiger partial charge is 0.390 e. The Bertz CT molecular complexity index is 182. The van der Waals surface area contributed by atoms with Crippen LogP contribution in [0.25, 0.3) is 0 Å². The van der Waals surface area contributed by atoms with Gasteiger partial charge in [-0.25, -0.2) is 0 Å². The minimum absolute atomic E-state index is 0.434. The first-order valence-electron chi connectivity index (χ1n) is 5.45. The summed E-state index contributed by atoms with van der Waals surface area (Å²) in [6.07, 6.45) is 6.66. The van der Waals surface area contributed by atoms with Crippen LogP contribution >= 0.6 is 0 Å². The summed E-state index contributed by atoms with van der Waals surface area (Å²) in [5.41, 5.74) is 0.850. The summed E-state index contributed by atoms with van der Waals surface area (Å²) < 4.78 is 0. The second-order valence-corrected chi connectivity index (χ2v) is 4.61. The van der Waals surface area contributed by atoms with E-state index in [4.69, 9.17) is 0 Å². The molecule has 0 bridgehead atoms. The van der Waals surface area contributed by atoms with Crippen LogP contribution in [0.5, 0.6) is 0 Å². The maximum Gasteiger partial charge on any atom is 0.0650 e. The van der Waals surface area contributed by atoms with Gasteiger partial charge in [-0.15, -0.1) is 0 Å². The Labute approximate surface area is 81.9 Å². The third kappa shape index (κ3) is 2.84. The van der Waals surface area contributed by atoms with Crippen molar-refractivity contribution in [2.45, 2.75) is 58.0 Å². The molecule has 0 aromatic rings. The Balaban J connectivity index is 2.51. The highest BCUT2D eigenvalue weighted by Gasteiger charge is 2.33. The van der Waals surface area contributed by atoms with Gasteiger partial charge in [0.15, 0.2) is 0 Å². The highest BCUT2D eigenvalue weighted by molar-refractivity contribution is 4.99. The predicted molar refractivity (Wildman–Crippen MR) is 56.6 cm³/mol. The third-order valence-corrected chi connectivity index (χ3v) is 3.40. The van der Waals surface area contributed by atoms with E-state index < -0.39 is 5.60 Å². The zero-order chi connectivity index (χ0) is 9.90. The highest BCUT2D eigenvalue weighted by Crippen LogP contribution is 2.37. The molecule has 0 aliphatic heterocycles. The molecule has 1 fully saturated rings. The lowest BCUT2D eigenvalue weighted by Gasteiger charge is -2.37. The van der Waals surface area contributed by atoms with E-state index in [1.165, 1.54) is 24.8 Å². The molecule has 0 saturated heterocycles. The van der Waals surface area contributed by atoms with E-state index in [1.54, 1.807) is 0 Å². The van der Waals surface area contributed by atoms with Crippen LogP contribution in [-0.4, -0.2) is 10.7 Å². The van der Waals surface area contributed by atoms with Crippen LogP contribution in [0, 0.1) is 5.92 Å². The molecular formula is C12H22O. The molecule has 0 heterocycles. The van der Waals surface area contributed by atoms with E-state index in [0.717, 1.165) is 19.3 Å². The van der Waals surface area contributed by atoms with E-state index in [1.807, 2.05) is 6.92 Å². The second kappa shape index (κ2) is 4.28. The van der Waals surface area contributed by atoms with Gasteiger partial charge in [0.1, 0.15) is 0 Å². The first-order valence-corrected chi connectivity index (χ1v) is 5.45. The van der Waals surface area contributed by atoms with Crippen molar-refractivity contribution in [3.63, 3.8) is 0 Å². The summed E-state index contributed by atoms with van der Waals surface area (Å²) in [4.78, 5) is 0. The monoisotopic (exact) mass is 182 g/mol. The number of allylic oxidation sites excluding steroid dienone is 1. The van der Waals surface area contributed by atoms with Gasteiger partial charge in [0.2, 0.25) is 0 Å². The van der Waals surface area contributed by atoms with Crippen LogP contribution in [0.3, 0.4) is 0 Å². The van der Waals surface area contributed by atoms with Crippen molar-refractivity contribution in [2.75, 3.05) is 0 Å². The summed E-state index contributed by atoms with van der Waals surface area (Å²) in [7, 11) is 0. The quantitative estimate of drug-likeness (QED) is 0.664. The molecule has 1 saturated carbocycles. The lowest BCUT2D eigenvalue weighted by Crippen LogP contribution is -2.37. The zero-order valence-corrected chi connectivity index (χ0v) is 8.97. The second-order valence-electron chi connectivity index (χ2n) is 4.61. The molecule has 0 spiro atoms. The zero-order valence-electron chi connectivity index (χ0n) is 8.97. The maximum atomic E-state index is 10.1. The number of rotatable bonds is 3. The average molecular weight is 182 g/mol.